The van der Waals surface area contributed by atoms with E-state index in [1.54, 1.807) is 0 Å². The summed E-state index contributed by atoms with van der Waals surface area (Å²) in [6.45, 7) is 1.71. The second-order valence-electron chi connectivity index (χ2n) is 5.26. The molecule has 2 aromatic heterocycles. The van der Waals surface area contributed by atoms with Gasteiger partial charge in [-0.25, -0.2) is 13.6 Å². The monoisotopic (exact) mass is 345 g/mol. The normalized spacial score (nSPS) is 11.6. The maximum atomic E-state index is 12.2. The van der Waals surface area contributed by atoms with Gasteiger partial charge in [0.2, 0.25) is 5.09 Å². The van der Waals surface area contributed by atoms with Gasteiger partial charge in [-0.2, -0.15) is 0 Å². The summed E-state index contributed by atoms with van der Waals surface area (Å²) < 4.78 is 27.6. The number of para-hydroxylation sites is 1. The highest BCUT2D eigenvalue weighted by molar-refractivity contribution is 7.89. The Labute approximate surface area is 138 Å². The van der Waals surface area contributed by atoms with Gasteiger partial charge in [0.15, 0.2) is 0 Å². The standard InChI is InChI=1S/C16H15N3O4S/c1-10-13(8-15(23-10)24(17,21)22)16(20)18-9-12-7-6-11-4-2-3-5-14(11)19-12/h2-8H,9H2,1H3,(H,18,20)(H2,17,21,22). The molecule has 124 valence electrons. The minimum Gasteiger partial charge on any atom is -0.448 e. The third kappa shape index (κ3) is 3.29. The first-order valence-corrected chi connectivity index (χ1v) is 8.65. The third-order valence-corrected chi connectivity index (χ3v) is 4.27. The molecule has 0 spiro atoms. The van der Waals surface area contributed by atoms with Gasteiger partial charge in [-0.3, -0.25) is 9.78 Å². The fourth-order valence-electron chi connectivity index (χ4n) is 2.29. The summed E-state index contributed by atoms with van der Waals surface area (Å²) in [5.74, 6) is -0.274. The highest BCUT2D eigenvalue weighted by Gasteiger charge is 2.20. The number of benzene rings is 1. The number of nitrogens with one attached hydrogen (secondary N) is 1. The first-order chi connectivity index (χ1) is 11.3. The van der Waals surface area contributed by atoms with Crippen LogP contribution in [0.15, 0.2) is 52.0 Å². The molecule has 1 amide bonds. The Bertz CT molecular complexity index is 1020. The number of rotatable bonds is 4. The maximum absolute atomic E-state index is 12.2. The zero-order valence-electron chi connectivity index (χ0n) is 12.8. The molecule has 0 saturated carbocycles. The van der Waals surface area contributed by atoms with Gasteiger partial charge in [0.05, 0.1) is 23.3 Å². The summed E-state index contributed by atoms with van der Waals surface area (Å²) in [6, 6.07) is 12.5. The van der Waals surface area contributed by atoms with Crippen molar-refractivity contribution >= 4 is 26.8 Å². The molecule has 3 aromatic rings. The number of primary sulfonamides is 1. The summed E-state index contributed by atoms with van der Waals surface area (Å²) >= 11 is 0. The number of pyridine rings is 1. The Morgan fingerprint density at radius 1 is 1.25 bits per heavy atom. The van der Waals surface area contributed by atoms with Crippen LogP contribution in [-0.2, 0) is 16.6 Å². The Balaban J connectivity index is 1.76. The predicted octanol–water partition coefficient (Wildman–Crippen LogP) is 1.71. The molecular weight excluding hydrogens is 330 g/mol. The molecule has 0 radical (unpaired) electrons. The van der Waals surface area contributed by atoms with Crippen LogP contribution in [0, 0.1) is 6.92 Å². The van der Waals surface area contributed by atoms with Crippen LogP contribution >= 0.6 is 0 Å². The number of nitrogens with zero attached hydrogens (tertiary/aromatic N) is 1. The van der Waals surface area contributed by atoms with Crippen LogP contribution in [0.2, 0.25) is 0 Å². The van der Waals surface area contributed by atoms with Crippen molar-refractivity contribution in [1.82, 2.24) is 10.3 Å². The number of carbonyl (C=O) groups excluding carboxylic acids is 1. The van der Waals surface area contributed by atoms with Crippen LogP contribution in [0.3, 0.4) is 0 Å². The van der Waals surface area contributed by atoms with Gasteiger partial charge < -0.3 is 9.73 Å². The number of furan rings is 1. The molecule has 8 heteroatoms. The van der Waals surface area contributed by atoms with Crippen molar-refractivity contribution in [2.45, 2.75) is 18.6 Å². The molecule has 3 rings (SSSR count). The number of hydrogen-bond acceptors (Lipinski definition) is 5. The largest absolute Gasteiger partial charge is 0.448 e. The van der Waals surface area contributed by atoms with Crippen LogP contribution in [0.25, 0.3) is 10.9 Å². The number of nitrogens with two attached hydrogens (primary N) is 1. The predicted molar refractivity (Wildman–Crippen MR) is 87.7 cm³/mol. The number of aromatic nitrogens is 1. The third-order valence-electron chi connectivity index (χ3n) is 3.51. The van der Waals surface area contributed by atoms with Crippen molar-refractivity contribution in [2.75, 3.05) is 0 Å². The molecule has 0 aliphatic heterocycles. The van der Waals surface area contributed by atoms with Gasteiger partial charge >= 0.3 is 0 Å². The van der Waals surface area contributed by atoms with E-state index in [9.17, 15) is 13.2 Å². The molecule has 24 heavy (non-hydrogen) atoms. The summed E-state index contributed by atoms with van der Waals surface area (Å²) in [4.78, 5) is 16.7. The number of sulfonamides is 1. The summed E-state index contributed by atoms with van der Waals surface area (Å²) in [6.07, 6.45) is 0. The van der Waals surface area contributed by atoms with Crippen molar-refractivity contribution < 1.29 is 17.6 Å². The van der Waals surface area contributed by atoms with Crippen molar-refractivity contribution in [3.8, 4) is 0 Å². The first-order valence-electron chi connectivity index (χ1n) is 7.11. The Morgan fingerprint density at radius 3 is 2.71 bits per heavy atom. The zero-order valence-corrected chi connectivity index (χ0v) is 13.6. The van der Waals surface area contributed by atoms with Gasteiger partial charge in [-0.05, 0) is 19.1 Å². The molecule has 3 N–H and O–H groups in total. The fraction of sp³-hybridized carbons (Fsp3) is 0.125. The van der Waals surface area contributed by atoms with Gasteiger partial charge in [0, 0.05) is 11.5 Å². The fourth-order valence-corrected chi connectivity index (χ4v) is 2.82. The Kier molecular flexibility index (Phi) is 4.08. The zero-order chi connectivity index (χ0) is 17.3. The molecule has 0 aliphatic rings. The van der Waals surface area contributed by atoms with Gasteiger partial charge in [0.25, 0.3) is 15.9 Å². The number of aryl methyl sites for hydroxylation is 1. The SMILES string of the molecule is Cc1oc(S(N)(=O)=O)cc1C(=O)NCc1ccc2ccccc2n1. The Hall–Kier alpha value is -2.71. The number of fused-ring (bicyclic) bond motifs is 1. The van der Waals surface area contributed by atoms with E-state index in [1.807, 2.05) is 36.4 Å². The summed E-state index contributed by atoms with van der Waals surface area (Å²) in [5, 5.41) is 8.26. The van der Waals surface area contributed by atoms with E-state index in [0.29, 0.717) is 5.69 Å². The van der Waals surface area contributed by atoms with Crippen molar-refractivity contribution in [1.29, 1.82) is 0 Å². The van der Waals surface area contributed by atoms with Gasteiger partial charge in [-0.15, -0.1) is 0 Å². The van der Waals surface area contributed by atoms with E-state index < -0.39 is 21.0 Å². The minimum absolute atomic E-state index is 0.125. The topological polar surface area (TPSA) is 115 Å². The second-order valence-corrected chi connectivity index (χ2v) is 6.75. The van der Waals surface area contributed by atoms with Crippen molar-refractivity contribution in [2.24, 2.45) is 5.14 Å². The van der Waals surface area contributed by atoms with E-state index in [0.717, 1.165) is 17.0 Å². The molecule has 0 bridgehead atoms. The number of hydrogen-bond donors (Lipinski definition) is 2. The molecule has 7 nitrogen and oxygen atoms in total. The first kappa shape index (κ1) is 16.2. The Morgan fingerprint density at radius 2 is 2.00 bits per heavy atom. The number of carbonyl (C=O) groups is 1. The maximum Gasteiger partial charge on any atom is 0.271 e. The number of amides is 1. The molecular formula is C16H15N3O4S. The van der Waals surface area contributed by atoms with E-state index >= 15 is 0 Å². The van der Waals surface area contributed by atoms with Gasteiger partial charge in [0.1, 0.15) is 5.76 Å². The lowest BCUT2D eigenvalue weighted by Crippen LogP contribution is -2.23. The molecule has 0 aliphatic carbocycles. The average Bonchev–Trinajstić information content (AvgIpc) is 2.94. The molecule has 2 heterocycles. The molecule has 0 fully saturated rings. The van der Waals surface area contributed by atoms with Crippen LogP contribution in [0.4, 0.5) is 0 Å². The quantitative estimate of drug-likeness (QED) is 0.747. The van der Waals surface area contributed by atoms with Crippen LogP contribution in [-0.4, -0.2) is 19.3 Å². The summed E-state index contributed by atoms with van der Waals surface area (Å²) in [5.41, 5.74) is 1.65. The highest BCUT2D eigenvalue weighted by Crippen LogP contribution is 2.18. The molecule has 1 aromatic carbocycles. The lowest BCUT2D eigenvalue weighted by molar-refractivity contribution is 0.0949. The van der Waals surface area contributed by atoms with E-state index in [-0.39, 0.29) is 17.9 Å². The lowest BCUT2D eigenvalue weighted by atomic mass is 10.2. The van der Waals surface area contributed by atoms with E-state index in [1.165, 1.54) is 6.92 Å². The molecule has 0 atom stereocenters. The van der Waals surface area contributed by atoms with Crippen molar-refractivity contribution in [3.63, 3.8) is 0 Å². The molecule has 0 unspecified atom stereocenters. The smallest absolute Gasteiger partial charge is 0.271 e. The highest BCUT2D eigenvalue weighted by atomic mass is 32.2. The van der Waals surface area contributed by atoms with Crippen LogP contribution in [0.5, 0.6) is 0 Å². The van der Waals surface area contributed by atoms with Crippen LogP contribution < -0.4 is 10.5 Å². The minimum atomic E-state index is -3.99. The van der Waals surface area contributed by atoms with Crippen LogP contribution in [0.1, 0.15) is 21.8 Å². The van der Waals surface area contributed by atoms with E-state index in [2.05, 4.69) is 10.3 Å². The van der Waals surface area contributed by atoms with Crippen molar-refractivity contribution in [3.05, 3.63) is 59.5 Å². The average molecular weight is 345 g/mol. The van der Waals surface area contributed by atoms with E-state index in [4.69, 9.17) is 9.56 Å². The molecule has 0 saturated heterocycles. The lowest BCUT2D eigenvalue weighted by Gasteiger charge is -2.05. The summed E-state index contributed by atoms with van der Waals surface area (Å²) in [7, 11) is -3.99. The van der Waals surface area contributed by atoms with Gasteiger partial charge in [-0.1, -0.05) is 24.3 Å². The second kappa shape index (κ2) is 6.06.